The number of hydrogen-bond donors (Lipinski definition) is 4. The van der Waals surface area contributed by atoms with Gasteiger partial charge in [0.05, 0.1) is 6.33 Å². The number of aliphatic hydroxyl groups is 3. The molecular formula is C19H20ClIN6O5. The Bertz CT molecular complexity index is 1130. The van der Waals surface area contributed by atoms with Crippen LogP contribution in [0.3, 0.4) is 0 Å². The molecule has 1 aliphatic heterocycles. The standard InChI is InChI=1S/C19H20ClIN6O5/c1-26(8-28)17(31)14-12(29)13(30)18(32-14)27-7-23-11-15(24-19(20)25-16(11)27)22-6-9-3-2-4-10(21)5-9/h2-5,7-8,12-14,17-18,29-31H,6H2,1H3,(H,22,24,25)/t12-,13+,14-,17?,18+/m0/s1. The van der Waals surface area contributed by atoms with Gasteiger partial charge in [-0.1, -0.05) is 12.1 Å². The Balaban J connectivity index is 1.62. The zero-order valence-electron chi connectivity index (χ0n) is 16.7. The van der Waals surface area contributed by atoms with Gasteiger partial charge in [-0.3, -0.25) is 9.36 Å². The molecule has 0 spiro atoms. The smallest absolute Gasteiger partial charge is 0.226 e. The highest BCUT2D eigenvalue weighted by molar-refractivity contribution is 14.1. The van der Waals surface area contributed by atoms with E-state index >= 15 is 0 Å². The van der Waals surface area contributed by atoms with Crippen LogP contribution in [0, 0.1) is 3.57 Å². The minimum atomic E-state index is -1.46. The molecule has 1 amide bonds. The van der Waals surface area contributed by atoms with E-state index in [2.05, 4.69) is 42.9 Å². The van der Waals surface area contributed by atoms with Crippen molar-refractivity contribution >= 4 is 57.6 Å². The summed E-state index contributed by atoms with van der Waals surface area (Å²) in [5.74, 6) is 0.392. The fraction of sp³-hybridized carbons (Fsp3) is 0.368. The maximum atomic E-state index is 10.9. The van der Waals surface area contributed by atoms with Gasteiger partial charge in [0, 0.05) is 17.2 Å². The summed E-state index contributed by atoms with van der Waals surface area (Å²) in [6, 6.07) is 7.94. The number of imidazole rings is 1. The average molecular weight is 575 g/mol. The molecule has 1 aliphatic rings. The van der Waals surface area contributed by atoms with Gasteiger partial charge in [0.25, 0.3) is 0 Å². The molecule has 0 saturated carbocycles. The summed E-state index contributed by atoms with van der Waals surface area (Å²) in [6.45, 7) is 0.472. The number of halogens is 2. The van der Waals surface area contributed by atoms with E-state index in [0.29, 0.717) is 24.3 Å². The third kappa shape index (κ3) is 4.38. The first-order valence-corrected chi connectivity index (χ1v) is 11.0. The number of aromatic nitrogens is 4. The number of likely N-dealkylation sites (N-methyl/N-ethyl adjacent to an activating group) is 1. The van der Waals surface area contributed by atoms with Crippen LogP contribution in [-0.4, -0.2) is 77.7 Å². The number of amides is 1. The van der Waals surface area contributed by atoms with Crippen molar-refractivity contribution in [2.75, 3.05) is 12.4 Å². The predicted molar refractivity (Wildman–Crippen MR) is 123 cm³/mol. The highest BCUT2D eigenvalue weighted by atomic mass is 127. The van der Waals surface area contributed by atoms with Gasteiger partial charge in [-0.15, -0.1) is 0 Å². The van der Waals surface area contributed by atoms with Crippen LogP contribution in [0.25, 0.3) is 11.2 Å². The summed E-state index contributed by atoms with van der Waals surface area (Å²) >= 11 is 8.36. The first kappa shape index (κ1) is 23.1. The molecular weight excluding hydrogens is 555 g/mol. The maximum absolute atomic E-state index is 10.9. The van der Waals surface area contributed by atoms with Crippen molar-refractivity contribution < 1.29 is 24.9 Å². The van der Waals surface area contributed by atoms with Gasteiger partial charge in [-0.05, 0) is 51.9 Å². The van der Waals surface area contributed by atoms with Crippen molar-refractivity contribution in [3.05, 3.63) is 45.0 Å². The summed E-state index contributed by atoms with van der Waals surface area (Å²) < 4.78 is 8.19. The number of nitrogens with one attached hydrogen (secondary N) is 1. The molecule has 3 aromatic rings. The Morgan fingerprint density at radius 2 is 2.16 bits per heavy atom. The van der Waals surface area contributed by atoms with Gasteiger partial charge in [0.15, 0.2) is 29.4 Å². The lowest BCUT2D eigenvalue weighted by molar-refractivity contribution is -0.149. The number of benzene rings is 1. The monoisotopic (exact) mass is 574 g/mol. The number of carbonyl (C=O) groups is 1. The average Bonchev–Trinajstić information content (AvgIpc) is 3.32. The minimum Gasteiger partial charge on any atom is -0.387 e. The molecule has 3 heterocycles. The van der Waals surface area contributed by atoms with Crippen molar-refractivity contribution in [1.82, 2.24) is 24.4 Å². The number of anilines is 1. The van der Waals surface area contributed by atoms with Crippen LogP contribution in [0.4, 0.5) is 5.82 Å². The summed E-state index contributed by atoms with van der Waals surface area (Å²) in [6.07, 6.45) is -4.91. The van der Waals surface area contributed by atoms with Gasteiger partial charge in [-0.25, -0.2) is 4.98 Å². The second-order valence-electron chi connectivity index (χ2n) is 7.31. The lowest BCUT2D eigenvalue weighted by Crippen LogP contribution is -2.46. The van der Waals surface area contributed by atoms with Crippen LogP contribution >= 0.6 is 34.2 Å². The van der Waals surface area contributed by atoms with E-state index in [4.69, 9.17) is 16.3 Å². The van der Waals surface area contributed by atoms with E-state index in [1.807, 2.05) is 24.3 Å². The molecule has 5 atom stereocenters. The van der Waals surface area contributed by atoms with E-state index in [1.165, 1.54) is 17.9 Å². The van der Waals surface area contributed by atoms with Crippen LogP contribution in [0.1, 0.15) is 11.8 Å². The molecule has 2 aromatic heterocycles. The lowest BCUT2D eigenvalue weighted by Gasteiger charge is -2.26. The summed E-state index contributed by atoms with van der Waals surface area (Å²) in [5.41, 5.74) is 1.69. The van der Waals surface area contributed by atoms with E-state index in [0.717, 1.165) is 14.0 Å². The number of aliphatic hydroxyl groups excluding tert-OH is 3. The molecule has 13 heteroatoms. The quantitative estimate of drug-likeness (QED) is 0.139. The van der Waals surface area contributed by atoms with Crippen molar-refractivity contribution in [1.29, 1.82) is 0 Å². The second-order valence-corrected chi connectivity index (χ2v) is 8.89. The molecule has 170 valence electrons. The van der Waals surface area contributed by atoms with Crippen LogP contribution in [0.15, 0.2) is 30.6 Å². The molecule has 1 fully saturated rings. The molecule has 1 aromatic carbocycles. The number of hydrogen-bond acceptors (Lipinski definition) is 9. The Labute approximate surface area is 201 Å². The zero-order chi connectivity index (χ0) is 23.0. The van der Waals surface area contributed by atoms with Gasteiger partial charge in [0.2, 0.25) is 11.7 Å². The number of fused-ring (bicyclic) bond motifs is 1. The number of rotatable bonds is 7. The second kappa shape index (κ2) is 9.41. The van der Waals surface area contributed by atoms with Crippen molar-refractivity contribution in [3.8, 4) is 0 Å². The molecule has 11 nitrogen and oxygen atoms in total. The topological polar surface area (TPSA) is 146 Å². The molecule has 0 radical (unpaired) electrons. The SMILES string of the molecule is CN(C=O)C(O)[C@H]1O[C@@H](n2cnc3c(NCc4cccc(I)c4)nc(Cl)nc32)[C@H](O)[C@@H]1O. The third-order valence-corrected chi connectivity index (χ3v) is 6.01. The summed E-state index contributed by atoms with van der Waals surface area (Å²) in [4.78, 5) is 24.6. The highest BCUT2D eigenvalue weighted by Gasteiger charge is 2.48. The van der Waals surface area contributed by atoms with Crippen molar-refractivity contribution in [2.24, 2.45) is 0 Å². The predicted octanol–water partition coefficient (Wildman–Crippen LogP) is 0.722. The highest BCUT2D eigenvalue weighted by Crippen LogP contribution is 2.34. The minimum absolute atomic E-state index is 0.0466. The summed E-state index contributed by atoms with van der Waals surface area (Å²) in [5, 5.41) is 34.3. The third-order valence-electron chi connectivity index (χ3n) is 5.17. The van der Waals surface area contributed by atoms with E-state index in [1.54, 1.807) is 0 Å². The number of ether oxygens (including phenoxy) is 1. The van der Waals surface area contributed by atoms with E-state index in [9.17, 15) is 20.1 Å². The van der Waals surface area contributed by atoms with Crippen LogP contribution < -0.4 is 5.32 Å². The molecule has 0 bridgehead atoms. The fourth-order valence-corrected chi connectivity index (χ4v) is 4.26. The number of carbonyl (C=O) groups excluding carboxylic acids is 1. The summed E-state index contributed by atoms with van der Waals surface area (Å²) in [7, 11) is 1.33. The number of nitrogens with zero attached hydrogens (tertiary/aromatic N) is 5. The molecule has 1 unspecified atom stereocenters. The molecule has 1 saturated heterocycles. The maximum Gasteiger partial charge on any atom is 0.226 e. The zero-order valence-corrected chi connectivity index (χ0v) is 19.6. The molecule has 32 heavy (non-hydrogen) atoms. The first-order chi connectivity index (χ1) is 15.3. The Kier molecular flexibility index (Phi) is 6.78. The van der Waals surface area contributed by atoms with Gasteiger partial charge in [0.1, 0.15) is 18.3 Å². The van der Waals surface area contributed by atoms with E-state index in [-0.39, 0.29) is 10.9 Å². The van der Waals surface area contributed by atoms with Crippen molar-refractivity contribution in [3.63, 3.8) is 0 Å². The van der Waals surface area contributed by atoms with Gasteiger partial charge < -0.3 is 30.3 Å². The van der Waals surface area contributed by atoms with Crippen LogP contribution in [0.5, 0.6) is 0 Å². The first-order valence-electron chi connectivity index (χ1n) is 9.55. The Morgan fingerprint density at radius 1 is 1.38 bits per heavy atom. The van der Waals surface area contributed by atoms with E-state index < -0.39 is 30.8 Å². The van der Waals surface area contributed by atoms with Gasteiger partial charge in [-0.2, -0.15) is 9.97 Å². The lowest BCUT2D eigenvalue weighted by atomic mass is 10.1. The molecule has 0 aliphatic carbocycles. The largest absolute Gasteiger partial charge is 0.387 e. The molecule has 4 rings (SSSR count). The fourth-order valence-electron chi connectivity index (χ4n) is 3.49. The van der Waals surface area contributed by atoms with Gasteiger partial charge >= 0.3 is 0 Å². The van der Waals surface area contributed by atoms with Crippen LogP contribution in [-0.2, 0) is 16.1 Å². The normalized spacial score (nSPS) is 23.9. The Morgan fingerprint density at radius 3 is 2.88 bits per heavy atom. The molecule has 4 N–H and O–H groups in total. The van der Waals surface area contributed by atoms with Crippen molar-refractivity contribution in [2.45, 2.75) is 37.3 Å². The van der Waals surface area contributed by atoms with Crippen LogP contribution in [0.2, 0.25) is 5.28 Å². The Hall–Kier alpha value is -2.10.